The zero-order chi connectivity index (χ0) is 15.3. The molecule has 4 rings (SSSR count). The topological polar surface area (TPSA) is 55.8 Å². The van der Waals surface area contributed by atoms with Crippen LogP contribution in [0.3, 0.4) is 0 Å². The average Bonchev–Trinajstić information content (AvgIpc) is 3.17. The van der Waals surface area contributed by atoms with E-state index in [-0.39, 0.29) is 18.0 Å². The number of amides is 1. The molecule has 1 amide bonds. The molecule has 5 heteroatoms. The Balaban J connectivity index is 1.69. The molecule has 2 bridgehead atoms. The highest BCUT2D eigenvalue weighted by Crippen LogP contribution is 2.52. The molecule has 5 nitrogen and oxygen atoms in total. The normalized spacial score (nSPS) is 35.0. The lowest BCUT2D eigenvalue weighted by Gasteiger charge is -2.22. The summed E-state index contributed by atoms with van der Waals surface area (Å²) in [6, 6.07) is 9.49. The number of para-hydroxylation sites is 1. The van der Waals surface area contributed by atoms with Gasteiger partial charge in [-0.25, -0.2) is 0 Å². The Bertz CT molecular complexity index is 656. The summed E-state index contributed by atoms with van der Waals surface area (Å²) in [6.07, 6.45) is 3.49. The van der Waals surface area contributed by atoms with Crippen LogP contribution in [0.2, 0.25) is 0 Å². The van der Waals surface area contributed by atoms with Gasteiger partial charge in [0, 0.05) is 5.69 Å². The van der Waals surface area contributed by atoms with Crippen LogP contribution in [-0.4, -0.2) is 36.7 Å². The monoisotopic (exact) mass is 299 g/mol. The Morgan fingerprint density at radius 1 is 1.41 bits per heavy atom. The number of nitrogens with zero attached hydrogens (tertiary/aromatic N) is 1. The lowest BCUT2D eigenvalue weighted by Crippen LogP contribution is -2.40. The SMILES string of the molecule is CCOC(=O)C1[C@H]2C(=O)N(c3ccccc3)C[C@]23C=C[C@H]1O3. The average molecular weight is 299 g/mol. The van der Waals surface area contributed by atoms with Crippen molar-refractivity contribution in [2.24, 2.45) is 11.8 Å². The van der Waals surface area contributed by atoms with E-state index in [1.807, 2.05) is 42.5 Å². The third-order valence-corrected chi connectivity index (χ3v) is 4.73. The van der Waals surface area contributed by atoms with Gasteiger partial charge in [-0.1, -0.05) is 30.4 Å². The van der Waals surface area contributed by atoms with Gasteiger partial charge >= 0.3 is 5.97 Å². The van der Waals surface area contributed by atoms with Crippen LogP contribution in [0.5, 0.6) is 0 Å². The second-order valence-electron chi connectivity index (χ2n) is 5.91. The Labute approximate surface area is 128 Å². The van der Waals surface area contributed by atoms with Gasteiger partial charge in [0.05, 0.1) is 25.2 Å². The molecule has 22 heavy (non-hydrogen) atoms. The van der Waals surface area contributed by atoms with Crippen molar-refractivity contribution in [3.63, 3.8) is 0 Å². The number of benzene rings is 1. The molecule has 1 aromatic rings. The van der Waals surface area contributed by atoms with Crippen LogP contribution >= 0.6 is 0 Å². The highest BCUT2D eigenvalue weighted by Gasteiger charge is 2.67. The first-order chi connectivity index (χ1) is 10.7. The largest absolute Gasteiger partial charge is 0.466 e. The third kappa shape index (κ3) is 1.69. The Morgan fingerprint density at radius 3 is 2.91 bits per heavy atom. The molecule has 1 unspecified atom stereocenters. The van der Waals surface area contributed by atoms with Gasteiger partial charge < -0.3 is 14.4 Å². The molecule has 3 aliphatic rings. The second-order valence-corrected chi connectivity index (χ2v) is 5.91. The maximum absolute atomic E-state index is 12.9. The van der Waals surface area contributed by atoms with E-state index in [2.05, 4.69) is 0 Å². The minimum atomic E-state index is -0.685. The first-order valence-electron chi connectivity index (χ1n) is 7.56. The van der Waals surface area contributed by atoms with E-state index in [0.29, 0.717) is 13.2 Å². The minimum absolute atomic E-state index is 0.0592. The number of carbonyl (C=O) groups is 2. The van der Waals surface area contributed by atoms with E-state index in [1.165, 1.54) is 0 Å². The molecule has 1 spiro atoms. The highest BCUT2D eigenvalue weighted by atomic mass is 16.6. The maximum atomic E-state index is 12.9. The van der Waals surface area contributed by atoms with Gasteiger partial charge in [0.15, 0.2) is 0 Å². The van der Waals surface area contributed by atoms with E-state index in [4.69, 9.17) is 9.47 Å². The summed E-state index contributed by atoms with van der Waals surface area (Å²) in [5.74, 6) is -1.42. The number of hydrogen-bond acceptors (Lipinski definition) is 4. The molecular weight excluding hydrogens is 282 g/mol. The van der Waals surface area contributed by atoms with Crippen LogP contribution in [0.25, 0.3) is 0 Å². The second kappa shape index (κ2) is 4.68. The number of fused-ring (bicyclic) bond motifs is 1. The standard InChI is InChI=1S/C17H17NO4/c1-2-21-16(20)13-12-8-9-17(22-12)10-18(15(19)14(13)17)11-6-4-3-5-7-11/h3-9,12-14H,2,10H2,1H3/t12-,13?,14+,17-/m1/s1. The summed E-state index contributed by atoms with van der Waals surface area (Å²) in [7, 11) is 0. The van der Waals surface area contributed by atoms with Crippen molar-refractivity contribution in [1.82, 2.24) is 0 Å². The van der Waals surface area contributed by atoms with Crippen LogP contribution in [0.15, 0.2) is 42.5 Å². The van der Waals surface area contributed by atoms with Crippen molar-refractivity contribution in [3.05, 3.63) is 42.5 Å². The number of carbonyl (C=O) groups excluding carboxylic acids is 2. The number of ether oxygens (including phenoxy) is 2. The van der Waals surface area contributed by atoms with Crippen molar-refractivity contribution in [1.29, 1.82) is 0 Å². The summed E-state index contributed by atoms with van der Waals surface area (Å²) < 4.78 is 11.2. The Kier molecular flexibility index (Phi) is 2.87. The molecule has 0 saturated carbocycles. The third-order valence-electron chi connectivity index (χ3n) is 4.73. The van der Waals surface area contributed by atoms with E-state index >= 15 is 0 Å². The van der Waals surface area contributed by atoms with Crippen LogP contribution in [0, 0.1) is 11.8 Å². The van der Waals surface area contributed by atoms with Crippen LogP contribution < -0.4 is 4.90 Å². The molecular formula is C17H17NO4. The van der Waals surface area contributed by atoms with E-state index in [9.17, 15) is 9.59 Å². The lowest BCUT2D eigenvalue weighted by molar-refractivity contribution is -0.151. The molecule has 4 atom stereocenters. The van der Waals surface area contributed by atoms with Crippen LogP contribution in [-0.2, 0) is 19.1 Å². The van der Waals surface area contributed by atoms with Gasteiger partial charge in [-0.15, -0.1) is 0 Å². The first kappa shape index (κ1) is 13.5. The van der Waals surface area contributed by atoms with Gasteiger partial charge in [0.2, 0.25) is 5.91 Å². The quantitative estimate of drug-likeness (QED) is 0.627. The van der Waals surface area contributed by atoms with Crippen molar-refractivity contribution in [3.8, 4) is 0 Å². The van der Waals surface area contributed by atoms with Crippen molar-refractivity contribution < 1.29 is 19.1 Å². The molecule has 2 saturated heterocycles. The summed E-state index contributed by atoms with van der Waals surface area (Å²) in [6.45, 7) is 2.52. The zero-order valence-electron chi connectivity index (χ0n) is 12.3. The van der Waals surface area contributed by atoms with Gasteiger partial charge in [-0.3, -0.25) is 9.59 Å². The minimum Gasteiger partial charge on any atom is -0.466 e. The van der Waals surface area contributed by atoms with E-state index < -0.39 is 17.4 Å². The van der Waals surface area contributed by atoms with Crippen LogP contribution in [0.4, 0.5) is 5.69 Å². The number of esters is 1. The van der Waals surface area contributed by atoms with Crippen molar-refractivity contribution in [2.45, 2.75) is 18.6 Å². The van der Waals surface area contributed by atoms with Crippen molar-refractivity contribution >= 4 is 17.6 Å². The fourth-order valence-electron chi connectivity index (χ4n) is 3.83. The molecule has 3 heterocycles. The number of anilines is 1. The fourth-order valence-corrected chi connectivity index (χ4v) is 3.83. The molecule has 0 aromatic heterocycles. The van der Waals surface area contributed by atoms with Gasteiger partial charge in [-0.2, -0.15) is 0 Å². The molecule has 1 aromatic carbocycles. The molecule has 0 radical (unpaired) electrons. The lowest BCUT2D eigenvalue weighted by atomic mass is 9.77. The van der Waals surface area contributed by atoms with Gasteiger partial charge in [0.1, 0.15) is 11.5 Å². The Hall–Kier alpha value is -2.14. The summed E-state index contributed by atoms with van der Waals surface area (Å²) in [5, 5.41) is 0. The highest BCUT2D eigenvalue weighted by molar-refractivity contribution is 6.02. The van der Waals surface area contributed by atoms with Crippen molar-refractivity contribution in [2.75, 3.05) is 18.1 Å². The summed E-state index contributed by atoms with van der Waals surface area (Å²) in [4.78, 5) is 26.9. The molecule has 0 aliphatic carbocycles. The predicted octanol–water partition coefficient (Wildman–Crippen LogP) is 1.54. The fraction of sp³-hybridized carbons (Fsp3) is 0.412. The van der Waals surface area contributed by atoms with E-state index in [0.717, 1.165) is 5.69 Å². The molecule has 0 N–H and O–H groups in total. The maximum Gasteiger partial charge on any atom is 0.312 e. The first-order valence-corrected chi connectivity index (χ1v) is 7.56. The molecule has 2 fully saturated rings. The predicted molar refractivity (Wildman–Crippen MR) is 79.2 cm³/mol. The van der Waals surface area contributed by atoms with Crippen LogP contribution in [0.1, 0.15) is 6.92 Å². The number of rotatable bonds is 3. The Morgan fingerprint density at radius 2 is 2.18 bits per heavy atom. The zero-order valence-corrected chi connectivity index (χ0v) is 12.3. The smallest absolute Gasteiger partial charge is 0.312 e. The van der Waals surface area contributed by atoms with Gasteiger partial charge in [-0.05, 0) is 19.1 Å². The summed E-state index contributed by atoms with van der Waals surface area (Å²) >= 11 is 0. The van der Waals surface area contributed by atoms with E-state index in [1.54, 1.807) is 11.8 Å². The number of hydrogen-bond donors (Lipinski definition) is 0. The molecule has 114 valence electrons. The molecule has 3 aliphatic heterocycles. The summed E-state index contributed by atoms with van der Waals surface area (Å²) in [5.41, 5.74) is 0.147. The van der Waals surface area contributed by atoms with Gasteiger partial charge in [0.25, 0.3) is 0 Å².